The fraction of sp³-hybridized carbons (Fsp3) is 0.484. The van der Waals surface area contributed by atoms with Crippen LogP contribution in [0.15, 0.2) is 54.6 Å². The minimum atomic E-state index is -0.719. The van der Waals surface area contributed by atoms with Crippen LogP contribution >= 0.6 is 15.9 Å². The van der Waals surface area contributed by atoms with E-state index in [2.05, 4.69) is 28.1 Å². The molecule has 39 heavy (non-hydrogen) atoms. The van der Waals surface area contributed by atoms with E-state index in [-0.39, 0.29) is 30.2 Å². The van der Waals surface area contributed by atoms with Crippen molar-refractivity contribution in [3.05, 3.63) is 71.3 Å². The lowest BCUT2D eigenvalue weighted by Crippen LogP contribution is -2.49. The summed E-state index contributed by atoms with van der Waals surface area (Å²) in [5, 5.41) is 0.309. The van der Waals surface area contributed by atoms with Crippen LogP contribution in [0.3, 0.4) is 0 Å². The van der Waals surface area contributed by atoms with E-state index in [1.165, 1.54) is 10.5 Å². The third-order valence-electron chi connectivity index (χ3n) is 9.09. The van der Waals surface area contributed by atoms with Gasteiger partial charge < -0.3 is 9.47 Å². The van der Waals surface area contributed by atoms with Gasteiger partial charge in [0, 0.05) is 17.5 Å². The molecular weight excluding hydrogens is 562 g/mol. The lowest BCUT2D eigenvalue weighted by atomic mass is 9.51. The summed E-state index contributed by atoms with van der Waals surface area (Å²) in [5.74, 6) is -0.484. The molecule has 3 aliphatic carbocycles. The average Bonchev–Trinajstić information content (AvgIpc) is 3.50. The first-order valence-electron chi connectivity index (χ1n) is 13.7. The number of carbonyl (C=O) groups is 4. The monoisotopic (exact) mass is 595 g/mol. The van der Waals surface area contributed by atoms with Crippen LogP contribution in [-0.2, 0) is 31.1 Å². The van der Waals surface area contributed by atoms with Crippen LogP contribution in [0.5, 0.6) is 0 Å². The SMILES string of the molecule is O=C(CBr)c1ccc(C23CCC(C(=O)COC(=O)[C@@H]4CCCN4C(=O)OCc4ccccc4)(CC2)CC3)cc1. The van der Waals surface area contributed by atoms with Gasteiger partial charge in [-0.25, -0.2) is 9.59 Å². The number of carbonyl (C=O) groups excluding carboxylic acids is 4. The summed E-state index contributed by atoms with van der Waals surface area (Å²) < 4.78 is 10.9. The Labute approximate surface area is 237 Å². The van der Waals surface area contributed by atoms with Crippen molar-refractivity contribution in [2.45, 2.75) is 69.4 Å². The molecule has 0 unspecified atom stereocenters. The van der Waals surface area contributed by atoms with Crippen LogP contribution < -0.4 is 0 Å². The van der Waals surface area contributed by atoms with Crippen LogP contribution in [0.1, 0.15) is 72.9 Å². The van der Waals surface area contributed by atoms with Gasteiger partial charge in [-0.3, -0.25) is 14.5 Å². The van der Waals surface area contributed by atoms with Crippen LogP contribution in [0, 0.1) is 5.41 Å². The lowest BCUT2D eigenvalue weighted by Gasteiger charge is -2.53. The second-order valence-corrected chi connectivity index (χ2v) is 11.7. The minimum absolute atomic E-state index is 0.0152. The number of esters is 1. The van der Waals surface area contributed by atoms with Gasteiger partial charge in [0.2, 0.25) is 0 Å². The van der Waals surface area contributed by atoms with Crippen molar-refractivity contribution in [2.75, 3.05) is 18.5 Å². The number of rotatable bonds is 9. The van der Waals surface area contributed by atoms with Crippen LogP contribution in [0.25, 0.3) is 0 Å². The van der Waals surface area contributed by atoms with E-state index in [0.717, 1.165) is 44.1 Å². The molecule has 0 N–H and O–H groups in total. The highest BCUT2D eigenvalue weighted by atomic mass is 79.9. The average molecular weight is 597 g/mol. The van der Waals surface area contributed by atoms with Crippen molar-refractivity contribution in [1.82, 2.24) is 4.90 Å². The minimum Gasteiger partial charge on any atom is -0.456 e. The maximum Gasteiger partial charge on any atom is 0.410 e. The van der Waals surface area contributed by atoms with Crippen LogP contribution in [-0.4, -0.2) is 53.1 Å². The number of amides is 1. The summed E-state index contributed by atoms with van der Waals surface area (Å²) in [5.41, 5.74) is 2.41. The van der Waals surface area contributed by atoms with E-state index in [9.17, 15) is 19.2 Å². The topological polar surface area (TPSA) is 90.0 Å². The Hall–Kier alpha value is -3.00. The van der Waals surface area contributed by atoms with Crippen molar-refractivity contribution in [3.8, 4) is 0 Å². The molecule has 2 bridgehead atoms. The summed E-state index contributed by atoms with van der Waals surface area (Å²) in [6.07, 6.45) is 5.68. The van der Waals surface area contributed by atoms with Gasteiger partial charge in [0.15, 0.2) is 18.2 Å². The first kappa shape index (κ1) is 27.6. The fourth-order valence-corrected chi connectivity index (χ4v) is 6.87. The highest BCUT2D eigenvalue weighted by Gasteiger charge is 2.52. The highest BCUT2D eigenvalue weighted by molar-refractivity contribution is 9.09. The molecule has 1 heterocycles. The molecule has 0 spiro atoms. The summed E-state index contributed by atoms with van der Waals surface area (Å²) in [4.78, 5) is 52.3. The van der Waals surface area contributed by atoms with Gasteiger partial charge in [0.05, 0.1) is 5.33 Å². The number of fused-ring (bicyclic) bond motifs is 3. The molecule has 1 saturated heterocycles. The normalized spacial score (nSPS) is 25.8. The number of likely N-dealkylation sites (tertiary alicyclic amines) is 1. The molecule has 1 atom stereocenters. The highest BCUT2D eigenvalue weighted by Crippen LogP contribution is 2.58. The first-order valence-corrected chi connectivity index (χ1v) is 14.8. The molecule has 0 aromatic heterocycles. The number of alkyl halides is 1. The molecule has 2 aromatic carbocycles. The molecule has 2 aromatic rings. The molecule has 0 radical (unpaired) electrons. The molecule has 6 rings (SSSR count). The van der Waals surface area contributed by atoms with Crippen molar-refractivity contribution in [3.63, 3.8) is 0 Å². The number of Topliss-reactive ketones (excluding diaryl/α,β-unsaturated/α-hetero) is 2. The van der Waals surface area contributed by atoms with Gasteiger partial charge in [-0.1, -0.05) is 70.5 Å². The molecule has 8 heteroatoms. The Bertz CT molecular complexity index is 1200. The van der Waals surface area contributed by atoms with Gasteiger partial charge in [-0.2, -0.15) is 0 Å². The molecule has 4 aliphatic rings. The number of hydrogen-bond acceptors (Lipinski definition) is 6. The molecule has 1 amide bonds. The van der Waals surface area contributed by atoms with E-state index in [4.69, 9.17) is 9.47 Å². The molecule has 3 saturated carbocycles. The van der Waals surface area contributed by atoms with Crippen molar-refractivity contribution < 1.29 is 28.7 Å². The smallest absolute Gasteiger partial charge is 0.410 e. The second kappa shape index (κ2) is 11.6. The zero-order valence-electron chi connectivity index (χ0n) is 22.0. The van der Waals surface area contributed by atoms with Crippen molar-refractivity contribution in [2.24, 2.45) is 5.41 Å². The van der Waals surface area contributed by atoms with Gasteiger partial charge in [0.1, 0.15) is 12.6 Å². The second-order valence-electron chi connectivity index (χ2n) is 11.1. The largest absolute Gasteiger partial charge is 0.456 e. The number of ketones is 2. The molecule has 4 fully saturated rings. The summed E-state index contributed by atoms with van der Waals surface area (Å²) >= 11 is 3.22. The van der Waals surface area contributed by atoms with Crippen molar-refractivity contribution >= 4 is 39.6 Å². The van der Waals surface area contributed by atoms with E-state index in [0.29, 0.717) is 30.3 Å². The van der Waals surface area contributed by atoms with Gasteiger partial charge in [-0.05, 0) is 67.9 Å². The number of ether oxygens (including phenoxy) is 2. The van der Waals surface area contributed by atoms with Crippen LogP contribution in [0.2, 0.25) is 0 Å². The third-order valence-corrected chi connectivity index (χ3v) is 9.60. The Morgan fingerprint density at radius 1 is 0.872 bits per heavy atom. The Morgan fingerprint density at radius 2 is 1.54 bits per heavy atom. The maximum absolute atomic E-state index is 13.3. The summed E-state index contributed by atoms with van der Waals surface area (Å²) in [7, 11) is 0. The first-order chi connectivity index (χ1) is 18.9. The van der Waals surface area contributed by atoms with Crippen molar-refractivity contribution in [1.29, 1.82) is 0 Å². The van der Waals surface area contributed by atoms with Gasteiger partial charge in [-0.15, -0.1) is 0 Å². The summed E-state index contributed by atoms with van der Waals surface area (Å²) in [6.45, 7) is 0.316. The Balaban J connectivity index is 1.13. The number of hydrogen-bond donors (Lipinski definition) is 0. The van der Waals surface area contributed by atoms with E-state index >= 15 is 0 Å². The number of benzene rings is 2. The quantitative estimate of drug-likeness (QED) is 0.208. The predicted molar refractivity (Wildman–Crippen MR) is 149 cm³/mol. The van der Waals surface area contributed by atoms with E-state index < -0.39 is 23.5 Å². The molecular formula is C31H34BrNO6. The van der Waals surface area contributed by atoms with E-state index in [1.807, 2.05) is 42.5 Å². The number of halogens is 1. The van der Waals surface area contributed by atoms with Gasteiger partial charge >= 0.3 is 12.1 Å². The number of nitrogens with zero attached hydrogens (tertiary/aromatic N) is 1. The maximum atomic E-state index is 13.3. The van der Waals surface area contributed by atoms with Crippen LogP contribution in [0.4, 0.5) is 4.79 Å². The molecule has 1 aliphatic heterocycles. The predicted octanol–water partition coefficient (Wildman–Crippen LogP) is 5.77. The zero-order valence-corrected chi connectivity index (χ0v) is 23.6. The van der Waals surface area contributed by atoms with Gasteiger partial charge in [0.25, 0.3) is 0 Å². The standard InChI is InChI=1S/C31H34BrNO6/c32-19-26(34)23-8-10-24(11-9-23)30-12-15-31(16-13-30,17-14-30)27(35)21-38-28(36)25-7-4-18-33(25)29(37)39-20-22-5-2-1-3-6-22/h1-3,5-6,8-11,25H,4,7,12-21H2/t25-,30?,31?/m0/s1. The summed E-state index contributed by atoms with van der Waals surface area (Å²) in [6, 6.07) is 16.6. The Morgan fingerprint density at radius 3 is 2.18 bits per heavy atom. The lowest BCUT2D eigenvalue weighted by molar-refractivity contribution is -0.156. The third kappa shape index (κ3) is 5.67. The molecule has 206 valence electrons. The van der Waals surface area contributed by atoms with E-state index in [1.54, 1.807) is 0 Å². The Kier molecular flexibility index (Phi) is 8.21. The molecule has 7 nitrogen and oxygen atoms in total. The zero-order chi connectivity index (χ0) is 27.5. The fourth-order valence-electron chi connectivity index (χ4n) is 6.54.